The van der Waals surface area contributed by atoms with Crippen LogP contribution in [0.25, 0.3) is 0 Å². The van der Waals surface area contributed by atoms with E-state index in [-0.39, 0.29) is 6.10 Å². The molecule has 2 N–H and O–H groups in total. The summed E-state index contributed by atoms with van der Waals surface area (Å²) in [7, 11) is 0. The number of morpholine rings is 1. The first kappa shape index (κ1) is 11.2. The summed E-state index contributed by atoms with van der Waals surface area (Å²) in [6, 6.07) is 0. The molecule has 1 fully saturated rings. The van der Waals surface area contributed by atoms with Crippen molar-refractivity contribution in [1.29, 1.82) is 0 Å². The Morgan fingerprint density at radius 2 is 2.54 bits per heavy atom. The molecule has 1 unspecified atom stereocenters. The Bertz CT molecular complexity index is 178. The maximum absolute atomic E-state index is 5.53. The first-order valence-corrected chi connectivity index (χ1v) is 6.16. The molecule has 1 atom stereocenters. The third-order valence-corrected chi connectivity index (χ3v) is 2.93. The highest BCUT2D eigenvalue weighted by Gasteiger charge is 2.21. The topological polar surface area (TPSA) is 38.5 Å². The van der Waals surface area contributed by atoms with E-state index in [0.29, 0.717) is 4.99 Å². The molecule has 13 heavy (non-hydrogen) atoms. The maximum Gasteiger partial charge on any atom is 0.120 e. The lowest BCUT2D eigenvalue weighted by Gasteiger charge is -2.32. The molecule has 5 heteroatoms. The van der Waals surface area contributed by atoms with E-state index in [4.69, 9.17) is 22.7 Å². The minimum Gasteiger partial charge on any atom is -0.391 e. The number of ether oxygens (including phenoxy) is 1. The summed E-state index contributed by atoms with van der Waals surface area (Å²) in [5, 5.41) is 0. The maximum atomic E-state index is 5.53. The monoisotopic (exact) mass is 220 g/mol. The van der Waals surface area contributed by atoms with Gasteiger partial charge in [-0.05, 0) is 6.26 Å². The predicted molar refractivity (Wildman–Crippen MR) is 61.3 cm³/mol. The fourth-order valence-corrected chi connectivity index (χ4v) is 1.88. The van der Waals surface area contributed by atoms with Gasteiger partial charge in [-0.3, -0.25) is 4.90 Å². The third-order valence-electron chi connectivity index (χ3n) is 2.08. The Morgan fingerprint density at radius 1 is 1.77 bits per heavy atom. The first-order valence-electron chi connectivity index (χ1n) is 4.36. The van der Waals surface area contributed by atoms with Crippen LogP contribution in [-0.4, -0.2) is 54.2 Å². The molecule has 76 valence electrons. The Hall–Kier alpha value is 0.160. The number of nitrogens with two attached hydrogens (primary N) is 1. The van der Waals surface area contributed by atoms with Gasteiger partial charge in [-0.2, -0.15) is 11.8 Å². The Labute approximate surface area is 89.0 Å². The molecule has 0 bridgehead atoms. The highest BCUT2D eigenvalue weighted by molar-refractivity contribution is 7.98. The fourth-order valence-electron chi connectivity index (χ4n) is 1.30. The van der Waals surface area contributed by atoms with E-state index >= 15 is 0 Å². The van der Waals surface area contributed by atoms with Gasteiger partial charge >= 0.3 is 0 Å². The summed E-state index contributed by atoms with van der Waals surface area (Å²) in [6.45, 7) is 3.70. The normalized spacial score (nSPS) is 24.5. The van der Waals surface area contributed by atoms with Crippen LogP contribution in [-0.2, 0) is 4.74 Å². The van der Waals surface area contributed by atoms with Gasteiger partial charge in [-0.15, -0.1) is 0 Å². The van der Waals surface area contributed by atoms with Crippen LogP contribution in [0.5, 0.6) is 0 Å². The second-order valence-electron chi connectivity index (χ2n) is 3.06. The van der Waals surface area contributed by atoms with Crippen molar-refractivity contribution in [1.82, 2.24) is 4.90 Å². The van der Waals surface area contributed by atoms with Crippen LogP contribution in [0.15, 0.2) is 0 Å². The lowest BCUT2D eigenvalue weighted by Crippen LogP contribution is -2.48. The second kappa shape index (κ2) is 5.80. The van der Waals surface area contributed by atoms with Crippen LogP contribution in [0.1, 0.15) is 0 Å². The van der Waals surface area contributed by atoms with Crippen molar-refractivity contribution in [3.63, 3.8) is 0 Å². The molecule has 1 rings (SSSR count). The smallest absolute Gasteiger partial charge is 0.120 e. The number of thioether (sulfide) groups is 1. The molecule has 0 amide bonds. The highest BCUT2D eigenvalue weighted by Crippen LogP contribution is 2.06. The first-order chi connectivity index (χ1) is 6.24. The van der Waals surface area contributed by atoms with Crippen molar-refractivity contribution >= 4 is 29.0 Å². The molecule has 1 aliphatic rings. The van der Waals surface area contributed by atoms with Crippen LogP contribution < -0.4 is 5.73 Å². The van der Waals surface area contributed by atoms with Crippen LogP contribution in [0.3, 0.4) is 0 Å². The molecule has 0 aromatic carbocycles. The zero-order valence-corrected chi connectivity index (χ0v) is 9.50. The highest BCUT2D eigenvalue weighted by atomic mass is 32.2. The van der Waals surface area contributed by atoms with E-state index in [9.17, 15) is 0 Å². The van der Waals surface area contributed by atoms with Gasteiger partial charge in [0, 0.05) is 25.4 Å². The largest absolute Gasteiger partial charge is 0.391 e. The number of hydrogen-bond acceptors (Lipinski definition) is 4. The number of rotatable bonds is 4. The molecule has 0 aliphatic carbocycles. The van der Waals surface area contributed by atoms with E-state index in [0.717, 1.165) is 32.0 Å². The van der Waals surface area contributed by atoms with Gasteiger partial charge in [0.15, 0.2) is 0 Å². The zero-order valence-electron chi connectivity index (χ0n) is 7.86. The third kappa shape index (κ3) is 3.81. The average molecular weight is 220 g/mol. The standard InChI is InChI=1S/C8H16N2OS2/c1-13-5-3-10-2-4-11-7(6-10)8(9)12/h7H,2-6H2,1H3,(H2,9,12). The van der Waals surface area contributed by atoms with Crippen molar-refractivity contribution in [3.8, 4) is 0 Å². The minimum atomic E-state index is -0.0365. The molecule has 0 aromatic heterocycles. The van der Waals surface area contributed by atoms with Crippen LogP contribution in [0, 0.1) is 0 Å². The predicted octanol–water partition coefficient (Wildman–Crippen LogP) is 0.336. The SMILES string of the molecule is CSCCN1CCOC(C(N)=S)C1. The lowest BCUT2D eigenvalue weighted by atomic mass is 10.3. The molecule has 0 saturated carbocycles. The van der Waals surface area contributed by atoms with E-state index in [2.05, 4.69) is 11.2 Å². The fraction of sp³-hybridized carbons (Fsp3) is 0.875. The molecule has 1 aliphatic heterocycles. The minimum absolute atomic E-state index is 0.0365. The number of hydrogen-bond donors (Lipinski definition) is 1. The average Bonchev–Trinajstić information content (AvgIpc) is 2.15. The summed E-state index contributed by atoms with van der Waals surface area (Å²) < 4.78 is 5.43. The van der Waals surface area contributed by atoms with E-state index in [1.807, 2.05) is 11.8 Å². The molecule has 0 radical (unpaired) electrons. The van der Waals surface area contributed by atoms with Gasteiger partial charge < -0.3 is 10.5 Å². The van der Waals surface area contributed by atoms with E-state index < -0.39 is 0 Å². The number of nitrogens with zero attached hydrogens (tertiary/aromatic N) is 1. The van der Waals surface area contributed by atoms with Crippen molar-refractivity contribution < 1.29 is 4.74 Å². The van der Waals surface area contributed by atoms with Crippen molar-refractivity contribution in [2.75, 3.05) is 38.2 Å². The van der Waals surface area contributed by atoms with Crippen molar-refractivity contribution in [2.45, 2.75) is 6.10 Å². The summed E-state index contributed by atoms with van der Waals surface area (Å²) in [5.74, 6) is 1.16. The van der Waals surface area contributed by atoms with Gasteiger partial charge in [-0.1, -0.05) is 12.2 Å². The Kier molecular flexibility index (Phi) is 5.01. The molecule has 0 aromatic rings. The van der Waals surface area contributed by atoms with E-state index in [1.54, 1.807) is 0 Å². The van der Waals surface area contributed by atoms with Crippen LogP contribution >= 0.6 is 24.0 Å². The van der Waals surface area contributed by atoms with Crippen molar-refractivity contribution in [2.24, 2.45) is 5.73 Å². The van der Waals surface area contributed by atoms with Gasteiger partial charge in [0.05, 0.1) is 6.61 Å². The Balaban J connectivity index is 2.29. The summed E-state index contributed by atoms with van der Waals surface area (Å²) in [6.07, 6.45) is 2.08. The van der Waals surface area contributed by atoms with Crippen LogP contribution in [0.2, 0.25) is 0 Å². The van der Waals surface area contributed by atoms with Crippen molar-refractivity contribution in [3.05, 3.63) is 0 Å². The molecule has 1 heterocycles. The van der Waals surface area contributed by atoms with Gasteiger partial charge in [-0.25, -0.2) is 0 Å². The number of thiocarbonyl (C=S) groups is 1. The lowest BCUT2D eigenvalue weighted by molar-refractivity contribution is 0.00990. The quantitative estimate of drug-likeness (QED) is 0.692. The summed E-state index contributed by atoms with van der Waals surface area (Å²) >= 11 is 6.76. The van der Waals surface area contributed by atoms with Gasteiger partial charge in [0.1, 0.15) is 11.1 Å². The van der Waals surface area contributed by atoms with Gasteiger partial charge in [0.2, 0.25) is 0 Å². The summed E-state index contributed by atoms with van der Waals surface area (Å²) in [4.78, 5) is 2.83. The second-order valence-corrected chi connectivity index (χ2v) is 4.51. The molecule has 1 saturated heterocycles. The van der Waals surface area contributed by atoms with Gasteiger partial charge in [0.25, 0.3) is 0 Å². The zero-order chi connectivity index (χ0) is 9.68. The summed E-state index contributed by atoms with van der Waals surface area (Å²) in [5.41, 5.74) is 5.53. The molecular formula is C8H16N2OS2. The van der Waals surface area contributed by atoms with E-state index in [1.165, 1.54) is 0 Å². The molecular weight excluding hydrogens is 204 g/mol. The Morgan fingerprint density at radius 3 is 3.15 bits per heavy atom. The molecule has 3 nitrogen and oxygen atoms in total. The molecule has 0 spiro atoms. The van der Waals surface area contributed by atoms with Crippen LogP contribution in [0.4, 0.5) is 0 Å².